The van der Waals surface area contributed by atoms with Crippen LogP contribution in [0.5, 0.6) is 0 Å². The average Bonchev–Trinajstić information content (AvgIpc) is 3.08. The average molecular weight is 407 g/mol. The largest absolute Gasteiger partial charge is 0.338 e. The number of hydrogen-bond donors (Lipinski definition) is 2. The van der Waals surface area contributed by atoms with Crippen molar-refractivity contribution in [3.63, 3.8) is 0 Å². The highest BCUT2D eigenvalue weighted by molar-refractivity contribution is 7.25. The van der Waals surface area contributed by atoms with Crippen molar-refractivity contribution in [3.8, 4) is 0 Å². The summed E-state index contributed by atoms with van der Waals surface area (Å²) >= 11 is 1.63. The van der Waals surface area contributed by atoms with Crippen molar-refractivity contribution in [3.05, 3.63) is 42.5 Å². The first-order valence-corrected chi connectivity index (χ1v) is 11.2. The second-order valence-corrected chi connectivity index (χ2v) is 8.36. The van der Waals surface area contributed by atoms with Crippen LogP contribution in [0.1, 0.15) is 45.4 Å². The lowest BCUT2D eigenvalue weighted by atomic mass is 10.1. The molecule has 6 heteroatoms. The Morgan fingerprint density at radius 1 is 0.966 bits per heavy atom. The first-order chi connectivity index (χ1) is 14.2. The number of benzene rings is 2. The number of para-hydroxylation sites is 2. The monoisotopic (exact) mass is 406 g/mol. The number of aromatic nitrogens is 2. The smallest absolute Gasteiger partial charge is 0.319 e. The molecule has 29 heavy (non-hydrogen) atoms. The van der Waals surface area contributed by atoms with E-state index in [4.69, 9.17) is 9.97 Å². The lowest BCUT2D eigenvalue weighted by Crippen LogP contribution is -2.29. The molecule has 2 heterocycles. The summed E-state index contributed by atoms with van der Waals surface area (Å²) in [4.78, 5) is 22.7. The molecule has 0 fully saturated rings. The van der Waals surface area contributed by atoms with Gasteiger partial charge < -0.3 is 10.6 Å². The first kappa shape index (κ1) is 19.6. The zero-order valence-corrected chi connectivity index (χ0v) is 17.5. The predicted molar refractivity (Wildman–Crippen MR) is 123 cm³/mol. The van der Waals surface area contributed by atoms with Crippen molar-refractivity contribution >= 4 is 54.5 Å². The molecule has 0 radical (unpaired) electrons. The summed E-state index contributed by atoms with van der Waals surface area (Å²) in [6.45, 7) is 2.93. The maximum absolute atomic E-state index is 12.2. The molecule has 2 aromatic heterocycles. The van der Waals surface area contributed by atoms with Crippen molar-refractivity contribution in [2.24, 2.45) is 0 Å². The van der Waals surface area contributed by atoms with Crippen LogP contribution in [0.15, 0.2) is 42.5 Å². The summed E-state index contributed by atoms with van der Waals surface area (Å²) in [5.41, 5.74) is 3.45. The summed E-state index contributed by atoms with van der Waals surface area (Å²) in [6.07, 6.45) is 7.28. The number of thiophene rings is 1. The van der Waals surface area contributed by atoms with Crippen LogP contribution in [-0.4, -0.2) is 22.5 Å². The number of rotatable bonds is 8. The van der Waals surface area contributed by atoms with E-state index in [0.29, 0.717) is 6.54 Å². The molecule has 4 aromatic rings. The molecule has 0 aliphatic carbocycles. The molecule has 150 valence electrons. The molecule has 0 atom stereocenters. The number of carbonyl (C=O) groups is 1. The van der Waals surface area contributed by atoms with E-state index >= 15 is 0 Å². The Morgan fingerprint density at radius 2 is 1.72 bits per heavy atom. The number of hydrogen-bond acceptors (Lipinski definition) is 4. The molecule has 2 N–H and O–H groups in total. The van der Waals surface area contributed by atoms with Gasteiger partial charge in [-0.05, 0) is 36.8 Å². The molecule has 5 nitrogen and oxygen atoms in total. The van der Waals surface area contributed by atoms with E-state index in [9.17, 15) is 4.79 Å². The Balaban J connectivity index is 1.42. The van der Waals surface area contributed by atoms with E-state index in [1.165, 1.54) is 32.1 Å². The zero-order chi connectivity index (χ0) is 20.1. The van der Waals surface area contributed by atoms with Crippen LogP contribution in [-0.2, 0) is 0 Å². The van der Waals surface area contributed by atoms with E-state index in [1.54, 1.807) is 11.3 Å². The number of unbranched alkanes of at least 4 members (excludes halogenated alkanes) is 5. The van der Waals surface area contributed by atoms with E-state index < -0.39 is 0 Å². The maximum atomic E-state index is 12.2. The van der Waals surface area contributed by atoms with Crippen LogP contribution < -0.4 is 10.6 Å². The van der Waals surface area contributed by atoms with Gasteiger partial charge in [0.1, 0.15) is 10.3 Å². The highest BCUT2D eigenvalue weighted by Crippen LogP contribution is 2.34. The Kier molecular flexibility index (Phi) is 6.20. The Bertz CT molecular complexity index is 1140. The SMILES string of the molecule is CCCCCCCCNC(=O)Nc1ccc2sc3nc4ccccc4nc3c2c1. The van der Waals surface area contributed by atoms with E-state index in [-0.39, 0.29) is 6.03 Å². The molecular weight excluding hydrogens is 380 g/mol. The molecule has 0 aliphatic rings. The van der Waals surface area contributed by atoms with Crippen molar-refractivity contribution in [2.45, 2.75) is 45.4 Å². The zero-order valence-electron chi connectivity index (χ0n) is 16.7. The fraction of sp³-hybridized carbons (Fsp3) is 0.348. The number of urea groups is 1. The van der Waals surface area contributed by atoms with Gasteiger partial charge in [-0.15, -0.1) is 11.3 Å². The molecular formula is C23H26N4OS. The van der Waals surface area contributed by atoms with E-state index in [1.807, 2.05) is 42.5 Å². The van der Waals surface area contributed by atoms with Gasteiger partial charge in [-0.2, -0.15) is 0 Å². The summed E-state index contributed by atoms with van der Waals surface area (Å²) in [5.74, 6) is 0. The van der Waals surface area contributed by atoms with Gasteiger partial charge in [0, 0.05) is 22.3 Å². The normalized spacial score (nSPS) is 11.3. The number of fused-ring (bicyclic) bond motifs is 4. The van der Waals surface area contributed by atoms with Crippen LogP contribution in [0.25, 0.3) is 31.5 Å². The summed E-state index contributed by atoms with van der Waals surface area (Å²) in [7, 11) is 0. The van der Waals surface area contributed by atoms with E-state index in [2.05, 4.69) is 17.6 Å². The lowest BCUT2D eigenvalue weighted by molar-refractivity contribution is 0.252. The molecule has 0 aliphatic heterocycles. The second kappa shape index (κ2) is 9.18. The minimum absolute atomic E-state index is 0.158. The molecule has 0 unspecified atom stereocenters. The fourth-order valence-corrected chi connectivity index (χ4v) is 4.51. The standard InChI is InChI=1S/C23H26N4OS/c1-2-3-4-5-6-9-14-24-23(28)25-16-12-13-20-17(15-16)21-22(29-20)27-19-11-8-7-10-18(19)26-21/h7-8,10-13,15H,2-6,9,14H2,1H3,(H2,24,25,28). The van der Waals surface area contributed by atoms with Crippen molar-refractivity contribution in [1.82, 2.24) is 15.3 Å². The van der Waals surface area contributed by atoms with E-state index in [0.717, 1.165) is 43.6 Å². The van der Waals surface area contributed by atoms with Crippen LogP contribution in [0, 0.1) is 0 Å². The van der Waals surface area contributed by atoms with Gasteiger partial charge in [-0.1, -0.05) is 51.2 Å². The molecule has 2 aromatic carbocycles. The molecule has 0 saturated carbocycles. The minimum Gasteiger partial charge on any atom is -0.338 e. The van der Waals surface area contributed by atoms with Gasteiger partial charge in [-0.3, -0.25) is 0 Å². The summed E-state index contributed by atoms with van der Waals surface area (Å²) in [5, 5.41) is 6.92. The number of nitrogens with one attached hydrogen (secondary N) is 2. The molecule has 0 spiro atoms. The Morgan fingerprint density at radius 3 is 2.55 bits per heavy atom. The van der Waals surface area contributed by atoms with Crippen LogP contribution in [0.4, 0.5) is 10.5 Å². The van der Waals surface area contributed by atoms with Crippen molar-refractivity contribution in [2.75, 3.05) is 11.9 Å². The quantitative estimate of drug-likeness (QED) is 0.329. The Labute approximate surface area is 174 Å². The van der Waals surface area contributed by atoms with Gasteiger partial charge in [0.2, 0.25) is 0 Å². The van der Waals surface area contributed by atoms with Crippen molar-refractivity contribution in [1.29, 1.82) is 0 Å². The van der Waals surface area contributed by atoms with Gasteiger partial charge >= 0.3 is 6.03 Å². The topological polar surface area (TPSA) is 66.9 Å². The third kappa shape index (κ3) is 4.65. The number of nitrogens with zero attached hydrogens (tertiary/aromatic N) is 2. The fourth-order valence-electron chi connectivity index (χ4n) is 3.50. The Hall–Kier alpha value is -2.73. The van der Waals surface area contributed by atoms with Crippen LogP contribution in [0.2, 0.25) is 0 Å². The third-order valence-corrected chi connectivity index (χ3v) is 6.11. The molecule has 4 rings (SSSR count). The third-order valence-electron chi connectivity index (χ3n) is 5.05. The molecule has 0 bridgehead atoms. The first-order valence-electron chi connectivity index (χ1n) is 10.4. The maximum Gasteiger partial charge on any atom is 0.319 e. The number of amides is 2. The molecule has 0 saturated heterocycles. The van der Waals surface area contributed by atoms with Gasteiger partial charge in [0.05, 0.1) is 11.0 Å². The lowest BCUT2D eigenvalue weighted by Gasteiger charge is -2.08. The predicted octanol–water partition coefficient (Wildman–Crippen LogP) is 6.48. The number of anilines is 1. The van der Waals surface area contributed by atoms with Gasteiger partial charge in [0.15, 0.2) is 0 Å². The van der Waals surface area contributed by atoms with Crippen molar-refractivity contribution < 1.29 is 4.79 Å². The summed E-state index contributed by atoms with van der Waals surface area (Å²) in [6, 6.07) is 13.7. The summed E-state index contributed by atoms with van der Waals surface area (Å²) < 4.78 is 1.12. The second-order valence-electron chi connectivity index (χ2n) is 7.33. The van der Waals surface area contributed by atoms with Gasteiger partial charge in [0.25, 0.3) is 0 Å². The highest BCUT2D eigenvalue weighted by atomic mass is 32.1. The highest BCUT2D eigenvalue weighted by Gasteiger charge is 2.11. The van der Waals surface area contributed by atoms with Crippen LogP contribution in [0.3, 0.4) is 0 Å². The van der Waals surface area contributed by atoms with Crippen LogP contribution >= 0.6 is 11.3 Å². The van der Waals surface area contributed by atoms with Gasteiger partial charge in [-0.25, -0.2) is 14.8 Å². The number of carbonyl (C=O) groups excluding carboxylic acids is 1. The minimum atomic E-state index is -0.158. The molecule has 2 amide bonds.